The van der Waals surface area contributed by atoms with Gasteiger partial charge in [0.15, 0.2) is 6.10 Å². The maximum atomic E-state index is 12.0. The van der Waals surface area contributed by atoms with E-state index in [0.717, 1.165) is 25.7 Å². The van der Waals surface area contributed by atoms with Crippen molar-refractivity contribution in [1.82, 2.24) is 0 Å². The van der Waals surface area contributed by atoms with Crippen LogP contribution in [0.1, 0.15) is 84.5 Å². The van der Waals surface area contributed by atoms with Gasteiger partial charge < -0.3 is 34.1 Å². The number of ether oxygens (including phenoxy) is 2. The second-order valence-corrected chi connectivity index (χ2v) is 8.59. The summed E-state index contributed by atoms with van der Waals surface area (Å²) < 4.78 is 24.8. The van der Waals surface area contributed by atoms with Gasteiger partial charge in [-0.2, -0.15) is 0 Å². The van der Waals surface area contributed by atoms with E-state index >= 15 is 0 Å². The molecule has 0 bridgehead atoms. The fraction of sp³-hybridized carbons (Fsp3) is 0.519. The molecule has 0 spiro atoms. The molecule has 1 atom stereocenters. The van der Waals surface area contributed by atoms with Gasteiger partial charge in [0.1, 0.15) is 6.61 Å². The number of phosphoric acid groups is 1. The van der Waals surface area contributed by atoms with Gasteiger partial charge in [0.2, 0.25) is 5.91 Å². The van der Waals surface area contributed by atoms with Crippen molar-refractivity contribution in [2.75, 3.05) is 13.2 Å². The summed E-state index contributed by atoms with van der Waals surface area (Å²) in [4.78, 5) is 54.3. The molecule has 0 fully saturated rings. The Hall–Kier alpha value is -1.68. The first-order valence-electron chi connectivity index (χ1n) is 11.8. The summed E-state index contributed by atoms with van der Waals surface area (Å²) in [5, 5.41) is 0. The zero-order chi connectivity index (χ0) is 29.1. The Kier molecular flexibility index (Phi) is 36.1. The van der Waals surface area contributed by atoms with Crippen LogP contribution in [0.15, 0.2) is 0 Å². The first-order chi connectivity index (χ1) is 18.0. The number of hydrogen-bond donors (Lipinski definition) is 1. The van der Waals surface area contributed by atoms with Crippen LogP contribution in [0.5, 0.6) is 0 Å². The normalized spacial score (nSPS) is 9.38. The molecule has 224 valence electrons. The van der Waals surface area contributed by atoms with Crippen LogP contribution < -0.4 is 74.6 Å². The zero-order valence-electron chi connectivity index (χ0n) is 23.6. The zero-order valence-corrected chi connectivity index (χ0v) is 28.5. The molecule has 0 saturated carbocycles. The minimum absolute atomic E-state index is 0. The fourth-order valence-corrected chi connectivity index (χ4v) is 2.77. The summed E-state index contributed by atoms with van der Waals surface area (Å²) in [6.45, 7) is 2.13. The smallest absolute Gasteiger partial charge is 0.790 e. The van der Waals surface area contributed by atoms with Gasteiger partial charge in [-0.25, -0.2) is 4.79 Å². The number of rotatable bonds is 15. The average Bonchev–Trinajstić information content (AvgIpc) is 2.83. The van der Waals surface area contributed by atoms with Crippen LogP contribution in [0, 0.1) is 59.7 Å². The molecule has 0 aliphatic rings. The number of nitrogens with two attached hydrogens (primary N) is 1. The Morgan fingerprint density at radius 1 is 0.875 bits per heavy atom. The summed E-state index contributed by atoms with van der Waals surface area (Å²) in [5.74, 6) is 18.2. The standard InChI is InChI=1S/C25H29O8P.C2H5NO.2Na.9H2/c1-3-5-7-9-11-13-15-17-19-24(26)31-21-23(22-32-34(28,29)30)33-25(27)20-18-16-14-12-10-8-6-4-2;1-2(3)4;;;;;;;;;;;/h1,23H,4,6,8,10,12,14,16,18,20-22H2,2H3,(H2,28,29,30);1H3,(H2,3,4);;;9*1H/q;;2*+1;;;;;;;;;/p-2/t23-;;;;;;;;;;;;/m1............/s1. The Labute approximate surface area is 295 Å². The van der Waals surface area contributed by atoms with Crippen LogP contribution in [0.4, 0.5) is 0 Å². The van der Waals surface area contributed by atoms with E-state index in [-0.39, 0.29) is 84.3 Å². The molecule has 10 nitrogen and oxygen atoms in total. The molecule has 0 aromatic heterocycles. The summed E-state index contributed by atoms with van der Waals surface area (Å²) in [6, 6.07) is 0. The van der Waals surface area contributed by atoms with Crippen molar-refractivity contribution in [3.8, 4) is 59.7 Å². The largest absolute Gasteiger partial charge is 1.00 e. The van der Waals surface area contributed by atoms with Crippen LogP contribution in [0.25, 0.3) is 0 Å². The molecule has 0 heterocycles. The van der Waals surface area contributed by atoms with Gasteiger partial charge in [-0.05, 0) is 53.8 Å². The fourth-order valence-electron chi connectivity index (χ4n) is 2.42. The van der Waals surface area contributed by atoms with Crippen molar-refractivity contribution in [1.29, 1.82) is 0 Å². The number of carbonyl (C=O) groups is 3. The molecule has 13 heteroatoms. The first-order valence-corrected chi connectivity index (χ1v) is 13.2. The van der Waals surface area contributed by atoms with Crippen molar-refractivity contribution in [3.05, 3.63) is 0 Å². The number of terminal acetylenes is 1. The molecule has 0 aliphatic heterocycles. The van der Waals surface area contributed by atoms with Crippen LogP contribution >= 0.6 is 7.82 Å². The number of unbranched alkanes of at least 4 members (excludes halogenated alkanes) is 7. The van der Waals surface area contributed by atoms with E-state index in [1.807, 2.05) is 0 Å². The third kappa shape index (κ3) is 40.8. The average molecular weight is 610 g/mol. The minimum atomic E-state index is -5.30. The SMILES string of the molecule is C#CC#CC#CC#CC#CC(=O)OC[C@H](COP(=O)([O-])[O-])OC(=O)CCCCCCCCCC.CC(N)=O.[HH].[HH].[HH].[HH].[HH].[HH].[HH].[HH].[HH].[Na+].[Na+]. The molecule has 40 heavy (non-hydrogen) atoms. The molecule has 1 amide bonds. The van der Waals surface area contributed by atoms with Gasteiger partial charge in [0, 0.05) is 32.1 Å². The van der Waals surface area contributed by atoms with Crippen LogP contribution in [0.3, 0.4) is 0 Å². The number of hydrogen-bond acceptors (Lipinski definition) is 9. The van der Waals surface area contributed by atoms with E-state index in [0.29, 0.717) is 6.42 Å². The van der Waals surface area contributed by atoms with Crippen LogP contribution in [0.2, 0.25) is 0 Å². The summed E-state index contributed by atoms with van der Waals surface area (Å²) in [6.07, 6.45) is 12.1. The van der Waals surface area contributed by atoms with Crippen molar-refractivity contribution in [2.45, 2.75) is 77.7 Å². The quantitative estimate of drug-likeness (QED) is 0.0514. The third-order valence-corrected chi connectivity index (χ3v) is 4.43. The molecule has 0 saturated heterocycles. The number of amides is 1. The van der Waals surface area contributed by atoms with Gasteiger partial charge in [0.25, 0.3) is 0 Å². The predicted octanol–water partition coefficient (Wildman–Crippen LogP) is -2.82. The molecule has 0 radical (unpaired) electrons. The van der Waals surface area contributed by atoms with Gasteiger partial charge in [-0.3, -0.25) is 9.59 Å². The second kappa shape index (κ2) is 31.8. The third-order valence-electron chi connectivity index (χ3n) is 3.96. The van der Waals surface area contributed by atoms with Gasteiger partial charge >= 0.3 is 71.1 Å². The Bertz CT molecular complexity index is 1110. The molecule has 0 aliphatic carbocycles. The van der Waals surface area contributed by atoms with Crippen molar-refractivity contribution in [3.63, 3.8) is 0 Å². The first kappa shape index (κ1) is 45.3. The number of carbonyl (C=O) groups excluding carboxylic acids is 3. The molecule has 2 N–H and O–H groups in total. The maximum Gasteiger partial charge on any atom is 1.00 e. The molecule has 0 rings (SSSR count). The monoisotopic (exact) mass is 609 g/mol. The van der Waals surface area contributed by atoms with E-state index < -0.39 is 39.1 Å². The van der Waals surface area contributed by atoms with Gasteiger partial charge in [-0.1, -0.05) is 51.9 Å². The van der Waals surface area contributed by atoms with E-state index in [1.165, 1.54) is 26.2 Å². The Morgan fingerprint density at radius 2 is 1.35 bits per heavy atom. The summed E-state index contributed by atoms with van der Waals surface area (Å²) in [7, 11) is -5.30. The number of esters is 2. The molecule has 0 unspecified atom stereocenters. The summed E-state index contributed by atoms with van der Waals surface area (Å²) >= 11 is 0. The summed E-state index contributed by atoms with van der Waals surface area (Å²) in [5.41, 5.74) is 4.47. The molecule has 0 aromatic rings. The molecular formula is C27H50NNa2O9P. The maximum absolute atomic E-state index is 12.0. The van der Waals surface area contributed by atoms with Gasteiger partial charge in [0.05, 0.1) is 14.4 Å². The topological polar surface area (TPSA) is 168 Å². The van der Waals surface area contributed by atoms with Crippen LogP contribution in [-0.2, 0) is 32.9 Å². The Balaban J connectivity index is -0.0000000742. The van der Waals surface area contributed by atoms with Crippen LogP contribution in [-0.4, -0.2) is 37.2 Å². The minimum Gasteiger partial charge on any atom is -0.790 e. The van der Waals surface area contributed by atoms with E-state index in [4.69, 9.17) is 15.9 Å². The second-order valence-electron chi connectivity index (χ2n) is 7.43. The Morgan fingerprint density at radius 3 is 1.85 bits per heavy atom. The number of phosphoric ester groups is 1. The van der Waals surface area contributed by atoms with E-state index in [9.17, 15) is 28.7 Å². The van der Waals surface area contributed by atoms with Crippen molar-refractivity contribution in [2.24, 2.45) is 5.73 Å². The van der Waals surface area contributed by atoms with Gasteiger partial charge in [-0.15, -0.1) is 6.42 Å². The molecule has 0 aromatic carbocycles. The van der Waals surface area contributed by atoms with Crippen molar-refractivity contribution < 1.29 is 115 Å². The van der Waals surface area contributed by atoms with Crippen molar-refractivity contribution >= 4 is 25.7 Å². The van der Waals surface area contributed by atoms with E-state index in [1.54, 1.807) is 0 Å². The molecular weight excluding hydrogens is 559 g/mol. The predicted molar refractivity (Wildman–Crippen MR) is 155 cm³/mol. The van der Waals surface area contributed by atoms with E-state index in [2.05, 4.69) is 70.5 Å². The number of primary amides is 1.